The fourth-order valence-electron chi connectivity index (χ4n) is 5.44. The predicted octanol–water partition coefficient (Wildman–Crippen LogP) is 7.15. The molecule has 0 saturated carbocycles. The smallest absolute Gasteiger partial charge is 0.235 e. The number of hydrogen-bond acceptors (Lipinski definition) is 3. The van der Waals surface area contributed by atoms with Crippen LogP contribution in [0.25, 0.3) is 66.7 Å². The molecule has 36 heavy (non-hydrogen) atoms. The molecule has 168 valence electrons. The summed E-state index contributed by atoms with van der Waals surface area (Å²) in [5, 5.41) is 8.20. The van der Waals surface area contributed by atoms with Crippen molar-refractivity contribution in [2.24, 2.45) is 0 Å². The van der Waals surface area contributed by atoms with Gasteiger partial charge in [-0.3, -0.25) is 4.57 Å². The summed E-state index contributed by atoms with van der Waals surface area (Å²) in [5.41, 5.74) is 8.25. The van der Waals surface area contributed by atoms with Crippen LogP contribution in [0.4, 0.5) is 0 Å². The highest BCUT2D eigenvalue weighted by Crippen LogP contribution is 2.40. The molecule has 4 aromatic heterocycles. The predicted molar refractivity (Wildman–Crippen MR) is 145 cm³/mol. The zero-order chi connectivity index (χ0) is 23.6. The molecule has 5 nitrogen and oxygen atoms in total. The molecule has 0 atom stereocenters. The zero-order valence-corrected chi connectivity index (χ0v) is 19.2. The normalized spacial score (nSPS) is 11.9. The van der Waals surface area contributed by atoms with Gasteiger partial charge in [-0.25, -0.2) is 14.5 Å². The summed E-state index contributed by atoms with van der Waals surface area (Å²) in [7, 11) is 0. The van der Waals surface area contributed by atoms with E-state index in [1.54, 1.807) is 0 Å². The molecule has 4 aromatic carbocycles. The van der Waals surface area contributed by atoms with Crippen LogP contribution in [0.15, 0.2) is 115 Å². The highest BCUT2D eigenvalue weighted by Gasteiger charge is 2.21. The lowest BCUT2D eigenvalue weighted by Crippen LogP contribution is -2.03. The summed E-state index contributed by atoms with van der Waals surface area (Å²) in [6.07, 6.45) is 1.87. The van der Waals surface area contributed by atoms with Crippen LogP contribution in [0.5, 0.6) is 0 Å². The van der Waals surface area contributed by atoms with E-state index >= 15 is 0 Å². The summed E-state index contributed by atoms with van der Waals surface area (Å²) in [5.74, 6) is 0.657. The largest absolute Gasteiger partial charge is 0.278 e. The van der Waals surface area contributed by atoms with Gasteiger partial charge in [-0.1, -0.05) is 78.9 Å². The standard InChI is InChI=1S/C31H19N5/c1-3-9-20(10-4-1)23-19-24(21-11-5-2-6-12-21)34-31(33-23)35-26-14-7-13-22-25-17-18-32-36(25)28-16-8-15-27(35)30(28)29(22)26/h1-19H. The minimum Gasteiger partial charge on any atom is -0.278 e. The molecule has 0 saturated heterocycles. The monoisotopic (exact) mass is 461 g/mol. The molecule has 8 rings (SSSR count). The van der Waals surface area contributed by atoms with E-state index in [2.05, 4.69) is 82.5 Å². The van der Waals surface area contributed by atoms with Crippen molar-refractivity contribution in [3.05, 3.63) is 115 Å². The summed E-state index contributed by atoms with van der Waals surface area (Å²) < 4.78 is 4.23. The second-order valence-electron chi connectivity index (χ2n) is 9.01. The molecular weight excluding hydrogens is 442 g/mol. The van der Waals surface area contributed by atoms with Gasteiger partial charge in [0.15, 0.2) is 0 Å². The lowest BCUT2D eigenvalue weighted by molar-refractivity contribution is 0.994. The van der Waals surface area contributed by atoms with Gasteiger partial charge in [-0.05, 0) is 30.3 Å². The Bertz CT molecular complexity index is 1890. The molecule has 0 aliphatic heterocycles. The van der Waals surface area contributed by atoms with Crippen molar-refractivity contribution >= 4 is 38.2 Å². The molecular formula is C31H19N5. The van der Waals surface area contributed by atoms with Crippen molar-refractivity contribution in [2.75, 3.05) is 0 Å². The number of aromatic nitrogens is 5. The molecule has 0 amide bonds. The van der Waals surface area contributed by atoms with Crippen LogP contribution >= 0.6 is 0 Å². The van der Waals surface area contributed by atoms with Crippen molar-refractivity contribution in [1.82, 2.24) is 24.1 Å². The summed E-state index contributed by atoms with van der Waals surface area (Å²) in [6, 6.07) is 37.6. The average Bonchev–Trinajstić information content (AvgIpc) is 3.58. The number of hydrogen-bond donors (Lipinski definition) is 0. The van der Waals surface area contributed by atoms with E-state index in [-0.39, 0.29) is 0 Å². The third kappa shape index (κ3) is 2.62. The first-order valence-corrected chi connectivity index (χ1v) is 12.0. The Morgan fingerprint density at radius 1 is 0.500 bits per heavy atom. The van der Waals surface area contributed by atoms with Crippen LogP contribution in [0.1, 0.15) is 0 Å². The molecule has 8 aromatic rings. The van der Waals surface area contributed by atoms with Gasteiger partial charge in [0.05, 0.1) is 39.7 Å². The first-order chi connectivity index (χ1) is 17.9. The molecule has 0 spiro atoms. The Kier molecular flexibility index (Phi) is 3.88. The van der Waals surface area contributed by atoms with E-state index in [0.29, 0.717) is 5.95 Å². The summed E-state index contributed by atoms with van der Waals surface area (Å²) in [6.45, 7) is 0. The van der Waals surface area contributed by atoms with Gasteiger partial charge >= 0.3 is 0 Å². The van der Waals surface area contributed by atoms with Crippen LogP contribution in [0.2, 0.25) is 0 Å². The molecule has 0 aliphatic rings. The molecule has 0 bridgehead atoms. The van der Waals surface area contributed by atoms with Crippen LogP contribution in [0, 0.1) is 0 Å². The molecule has 5 heteroatoms. The van der Waals surface area contributed by atoms with Crippen LogP contribution in [-0.2, 0) is 0 Å². The number of pyridine rings is 1. The lowest BCUT2D eigenvalue weighted by atomic mass is 10.1. The van der Waals surface area contributed by atoms with Gasteiger partial charge in [0.1, 0.15) is 0 Å². The van der Waals surface area contributed by atoms with Crippen LogP contribution in [0.3, 0.4) is 0 Å². The zero-order valence-electron chi connectivity index (χ0n) is 19.2. The first kappa shape index (κ1) is 19.3. The van der Waals surface area contributed by atoms with E-state index in [0.717, 1.165) is 44.6 Å². The Labute approximate surface area is 206 Å². The topological polar surface area (TPSA) is 48.0 Å². The Morgan fingerprint density at radius 3 is 1.81 bits per heavy atom. The Morgan fingerprint density at radius 2 is 1.11 bits per heavy atom. The van der Waals surface area contributed by atoms with Crippen LogP contribution in [-0.4, -0.2) is 24.1 Å². The lowest BCUT2D eigenvalue weighted by Gasteiger charge is -2.11. The first-order valence-electron chi connectivity index (χ1n) is 12.0. The number of fused-ring (bicyclic) bond motifs is 3. The van der Waals surface area contributed by atoms with Crippen LogP contribution < -0.4 is 0 Å². The molecule has 0 aliphatic carbocycles. The average molecular weight is 462 g/mol. The molecule has 4 heterocycles. The van der Waals surface area contributed by atoms with Crippen molar-refractivity contribution in [3.63, 3.8) is 0 Å². The number of rotatable bonds is 3. The van der Waals surface area contributed by atoms with Gasteiger partial charge in [-0.15, -0.1) is 0 Å². The van der Waals surface area contributed by atoms with Gasteiger partial charge < -0.3 is 0 Å². The number of nitrogens with zero attached hydrogens (tertiary/aromatic N) is 5. The minimum atomic E-state index is 0.657. The minimum absolute atomic E-state index is 0.657. The SMILES string of the molecule is c1ccc(-c2cc(-c3ccccc3)nc(-n3c4cccc5c4c4c3cccc4n3nccc53)n2)cc1. The van der Waals surface area contributed by atoms with Gasteiger partial charge in [-0.2, -0.15) is 5.10 Å². The third-order valence-corrected chi connectivity index (χ3v) is 7.00. The summed E-state index contributed by atoms with van der Waals surface area (Å²) >= 11 is 0. The van der Waals surface area contributed by atoms with Crippen molar-refractivity contribution in [3.8, 4) is 28.5 Å². The maximum Gasteiger partial charge on any atom is 0.235 e. The maximum atomic E-state index is 5.12. The van der Waals surface area contributed by atoms with Gasteiger partial charge in [0.25, 0.3) is 0 Å². The van der Waals surface area contributed by atoms with E-state index in [1.807, 2.05) is 47.1 Å². The van der Waals surface area contributed by atoms with E-state index in [1.165, 1.54) is 16.2 Å². The van der Waals surface area contributed by atoms with Gasteiger partial charge in [0.2, 0.25) is 5.95 Å². The fourth-order valence-corrected chi connectivity index (χ4v) is 5.44. The Balaban J connectivity index is 1.52. The quantitative estimate of drug-likeness (QED) is 0.263. The second-order valence-corrected chi connectivity index (χ2v) is 9.01. The van der Waals surface area contributed by atoms with E-state index < -0.39 is 0 Å². The van der Waals surface area contributed by atoms with E-state index in [4.69, 9.17) is 9.97 Å². The second kappa shape index (κ2) is 7.23. The highest BCUT2D eigenvalue weighted by atomic mass is 15.2. The molecule has 0 fully saturated rings. The molecule has 0 unspecified atom stereocenters. The third-order valence-electron chi connectivity index (χ3n) is 7.00. The van der Waals surface area contributed by atoms with E-state index in [9.17, 15) is 0 Å². The van der Waals surface area contributed by atoms with Crippen molar-refractivity contribution < 1.29 is 0 Å². The maximum absolute atomic E-state index is 5.12. The molecule has 0 radical (unpaired) electrons. The number of benzene rings is 4. The molecule has 0 N–H and O–H groups in total. The van der Waals surface area contributed by atoms with Gasteiger partial charge in [0, 0.05) is 27.3 Å². The van der Waals surface area contributed by atoms with Crippen molar-refractivity contribution in [2.45, 2.75) is 0 Å². The fraction of sp³-hybridized carbons (Fsp3) is 0. The summed E-state index contributed by atoms with van der Waals surface area (Å²) in [4.78, 5) is 10.2. The Hall–Kier alpha value is -5.03. The highest BCUT2D eigenvalue weighted by molar-refractivity contribution is 6.26. The van der Waals surface area contributed by atoms with Crippen molar-refractivity contribution in [1.29, 1.82) is 0 Å².